The second-order valence-electron chi connectivity index (χ2n) is 5.71. The number of nitrogens with two attached hydrogens (primary N) is 1. The summed E-state index contributed by atoms with van der Waals surface area (Å²) in [7, 11) is 0. The van der Waals surface area contributed by atoms with E-state index < -0.39 is 5.54 Å². The number of ether oxygens (including phenoxy) is 1. The van der Waals surface area contributed by atoms with Gasteiger partial charge in [-0.3, -0.25) is 0 Å². The predicted molar refractivity (Wildman–Crippen MR) is 80.5 cm³/mol. The van der Waals surface area contributed by atoms with E-state index >= 15 is 0 Å². The average molecular weight is 308 g/mol. The van der Waals surface area contributed by atoms with Crippen molar-refractivity contribution in [3.8, 4) is 17.1 Å². The van der Waals surface area contributed by atoms with Crippen LogP contribution in [0.4, 0.5) is 0 Å². The predicted octanol–water partition coefficient (Wildman–Crippen LogP) is 2.82. The molecule has 2 aromatic rings. The lowest BCUT2D eigenvalue weighted by Gasteiger charge is -2.17. The fraction of sp³-hybridized carbons (Fsp3) is 0.467. The molecule has 112 valence electrons. The van der Waals surface area contributed by atoms with Crippen molar-refractivity contribution in [1.29, 1.82) is 0 Å². The molecule has 1 saturated carbocycles. The van der Waals surface area contributed by atoms with E-state index in [2.05, 4.69) is 16.2 Å². The van der Waals surface area contributed by atoms with Crippen LogP contribution in [0, 0.1) is 0 Å². The number of rotatable bonds is 2. The summed E-state index contributed by atoms with van der Waals surface area (Å²) < 4.78 is 10.9. The van der Waals surface area contributed by atoms with Gasteiger partial charge < -0.3 is 15.0 Å². The molecule has 5 nitrogen and oxygen atoms in total. The Labute approximate surface area is 129 Å². The molecule has 0 atom stereocenters. The van der Waals surface area contributed by atoms with Gasteiger partial charge in [0, 0.05) is 12.0 Å². The molecule has 0 radical (unpaired) electrons. The van der Waals surface area contributed by atoms with Gasteiger partial charge in [-0.25, -0.2) is 0 Å². The SMILES string of the molecule is Cl.NC1(c2nc(-c3ccc4c(c3)CCO4)no2)CCCC1. The van der Waals surface area contributed by atoms with Gasteiger partial charge in [-0.15, -0.1) is 12.4 Å². The molecule has 0 amide bonds. The number of benzene rings is 1. The minimum atomic E-state index is -0.426. The zero-order valence-electron chi connectivity index (χ0n) is 11.7. The fourth-order valence-electron chi connectivity index (χ4n) is 3.09. The monoisotopic (exact) mass is 307 g/mol. The van der Waals surface area contributed by atoms with Crippen LogP contribution < -0.4 is 10.5 Å². The second kappa shape index (κ2) is 5.31. The second-order valence-corrected chi connectivity index (χ2v) is 5.71. The molecule has 0 unspecified atom stereocenters. The summed E-state index contributed by atoms with van der Waals surface area (Å²) in [4.78, 5) is 4.52. The summed E-state index contributed by atoms with van der Waals surface area (Å²) in [6.45, 7) is 0.752. The van der Waals surface area contributed by atoms with Crippen molar-refractivity contribution in [2.45, 2.75) is 37.6 Å². The van der Waals surface area contributed by atoms with Gasteiger partial charge in [-0.2, -0.15) is 4.98 Å². The highest BCUT2D eigenvalue weighted by Crippen LogP contribution is 2.36. The van der Waals surface area contributed by atoms with Gasteiger partial charge in [0.15, 0.2) is 0 Å². The van der Waals surface area contributed by atoms with Crippen LogP contribution in [-0.2, 0) is 12.0 Å². The van der Waals surface area contributed by atoms with E-state index in [-0.39, 0.29) is 12.4 Å². The Hall–Kier alpha value is -1.59. The first kappa shape index (κ1) is 14.4. The maximum atomic E-state index is 6.35. The first-order valence-corrected chi connectivity index (χ1v) is 7.14. The van der Waals surface area contributed by atoms with E-state index in [4.69, 9.17) is 15.0 Å². The van der Waals surface area contributed by atoms with Crippen LogP contribution in [0.3, 0.4) is 0 Å². The lowest BCUT2D eigenvalue weighted by Crippen LogP contribution is -2.33. The molecule has 21 heavy (non-hydrogen) atoms. The Kier molecular flexibility index (Phi) is 3.63. The van der Waals surface area contributed by atoms with Crippen molar-refractivity contribution in [2.24, 2.45) is 5.73 Å². The van der Waals surface area contributed by atoms with E-state index in [1.807, 2.05) is 12.1 Å². The topological polar surface area (TPSA) is 74.2 Å². The molecule has 2 aliphatic rings. The first-order chi connectivity index (χ1) is 9.74. The Morgan fingerprint density at radius 2 is 2.00 bits per heavy atom. The first-order valence-electron chi connectivity index (χ1n) is 7.14. The molecule has 1 aromatic carbocycles. The molecule has 2 N–H and O–H groups in total. The minimum absolute atomic E-state index is 0. The summed E-state index contributed by atoms with van der Waals surface area (Å²) in [5.41, 5.74) is 8.09. The molecular formula is C15H18ClN3O2. The molecule has 0 saturated heterocycles. The third-order valence-corrected chi connectivity index (χ3v) is 4.30. The third kappa shape index (κ3) is 2.40. The number of hydrogen-bond donors (Lipinski definition) is 1. The van der Waals surface area contributed by atoms with Gasteiger partial charge in [0.1, 0.15) is 5.75 Å². The van der Waals surface area contributed by atoms with E-state index in [1.165, 1.54) is 5.56 Å². The zero-order valence-corrected chi connectivity index (χ0v) is 12.5. The maximum Gasteiger partial charge on any atom is 0.247 e. The highest BCUT2D eigenvalue weighted by Gasteiger charge is 2.37. The van der Waals surface area contributed by atoms with Gasteiger partial charge in [0.25, 0.3) is 0 Å². The van der Waals surface area contributed by atoms with Crippen molar-refractivity contribution in [3.63, 3.8) is 0 Å². The van der Waals surface area contributed by atoms with Crippen molar-refractivity contribution in [3.05, 3.63) is 29.7 Å². The lowest BCUT2D eigenvalue weighted by molar-refractivity contribution is 0.285. The number of fused-ring (bicyclic) bond motifs is 1. The Bertz CT molecular complexity index is 650. The Morgan fingerprint density at radius 1 is 1.19 bits per heavy atom. The standard InChI is InChI=1S/C15H17N3O2.ClH/c16-15(6-1-2-7-15)14-17-13(18-20-14)11-3-4-12-10(9-11)5-8-19-12;/h3-4,9H,1-2,5-8,16H2;1H. The quantitative estimate of drug-likeness (QED) is 0.923. The van der Waals surface area contributed by atoms with Gasteiger partial charge in [0.2, 0.25) is 11.7 Å². The third-order valence-electron chi connectivity index (χ3n) is 4.30. The number of nitrogens with zero attached hydrogens (tertiary/aromatic N) is 2. The van der Waals surface area contributed by atoms with Crippen LogP contribution in [-0.4, -0.2) is 16.7 Å². The molecule has 6 heteroatoms. The van der Waals surface area contributed by atoms with E-state index in [1.54, 1.807) is 0 Å². The van der Waals surface area contributed by atoms with Gasteiger partial charge in [-0.05, 0) is 36.6 Å². The summed E-state index contributed by atoms with van der Waals surface area (Å²) in [5, 5.41) is 4.09. The molecule has 0 spiro atoms. The van der Waals surface area contributed by atoms with Crippen LogP contribution >= 0.6 is 12.4 Å². The zero-order chi connectivity index (χ0) is 13.6. The molecule has 4 rings (SSSR count). The number of hydrogen-bond acceptors (Lipinski definition) is 5. The Balaban J connectivity index is 0.00000132. The average Bonchev–Trinajstić information content (AvgIpc) is 3.18. The molecule has 0 bridgehead atoms. The van der Waals surface area contributed by atoms with Crippen molar-refractivity contribution in [1.82, 2.24) is 10.1 Å². The van der Waals surface area contributed by atoms with Crippen LogP contribution in [0.25, 0.3) is 11.4 Å². The number of aromatic nitrogens is 2. The highest BCUT2D eigenvalue weighted by molar-refractivity contribution is 5.85. The fourth-order valence-corrected chi connectivity index (χ4v) is 3.09. The lowest BCUT2D eigenvalue weighted by atomic mass is 9.99. The van der Waals surface area contributed by atoms with E-state index in [9.17, 15) is 0 Å². The van der Waals surface area contributed by atoms with Crippen LogP contribution in [0.1, 0.15) is 37.1 Å². The molecule has 1 aliphatic carbocycles. The molecule has 1 aliphatic heterocycles. The Morgan fingerprint density at radius 3 is 2.81 bits per heavy atom. The molecular weight excluding hydrogens is 290 g/mol. The molecule has 1 fully saturated rings. The van der Waals surface area contributed by atoms with Crippen LogP contribution in [0.2, 0.25) is 0 Å². The van der Waals surface area contributed by atoms with Gasteiger partial charge in [-0.1, -0.05) is 18.0 Å². The van der Waals surface area contributed by atoms with E-state index in [0.717, 1.165) is 50.0 Å². The van der Waals surface area contributed by atoms with E-state index in [0.29, 0.717) is 11.7 Å². The molecule has 2 heterocycles. The van der Waals surface area contributed by atoms with Crippen molar-refractivity contribution in [2.75, 3.05) is 6.61 Å². The van der Waals surface area contributed by atoms with Crippen molar-refractivity contribution < 1.29 is 9.26 Å². The number of halogens is 1. The van der Waals surface area contributed by atoms with Crippen LogP contribution in [0.15, 0.2) is 22.7 Å². The largest absolute Gasteiger partial charge is 0.493 e. The summed E-state index contributed by atoms with van der Waals surface area (Å²) in [6.07, 6.45) is 5.04. The molecule has 1 aromatic heterocycles. The van der Waals surface area contributed by atoms with Crippen LogP contribution in [0.5, 0.6) is 5.75 Å². The summed E-state index contributed by atoms with van der Waals surface area (Å²) in [5.74, 6) is 2.15. The highest BCUT2D eigenvalue weighted by atomic mass is 35.5. The van der Waals surface area contributed by atoms with Gasteiger partial charge >= 0.3 is 0 Å². The minimum Gasteiger partial charge on any atom is -0.493 e. The van der Waals surface area contributed by atoms with Crippen molar-refractivity contribution >= 4 is 12.4 Å². The smallest absolute Gasteiger partial charge is 0.247 e. The normalized spacial score (nSPS) is 18.9. The summed E-state index contributed by atoms with van der Waals surface area (Å²) >= 11 is 0. The summed E-state index contributed by atoms with van der Waals surface area (Å²) in [6, 6.07) is 6.02. The maximum absolute atomic E-state index is 6.35. The van der Waals surface area contributed by atoms with Gasteiger partial charge in [0.05, 0.1) is 12.1 Å².